The van der Waals surface area contributed by atoms with Crippen molar-refractivity contribution in [1.29, 1.82) is 0 Å². The summed E-state index contributed by atoms with van der Waals surface area (Å²) in [6, 6.07) is 16.2. The Morgan fingerprint density at radius 2 is 1.65 bits per heavy atom. The lowest BCUT2D eigenvalue weighted by atomic mass is 10.0. The lowest BCUT2D eigenvalue weighted by molar-refractivity contribution is 0.152. The molecule has 2 aromatic carbocycles. The van der Waals surface area contributed by atoms with Gasteiger partial charge in [-0.15, -0.1) is 0 Å². The Balaban J connectivity index is 1.84. The predicted octanol–water partition coefficient (Wildman–Crippen LogP) is 4.33. The van der Waals surface area contributed by atoms with Gasteiger partial charge in [0.1, 0.15) is 17.4 Å². The molecule has 0 aliphatic carbocycles. The van der Waals surface area contributed by atoms with E-state index in [0.29, 0.717) is 12.2 Å². The van der Waals surface area contributed by atoms with Gasteiger partial charge in [0.25, 0.3) is 0 Å². The molecule has 0 saturated heterocycles. The Hall–Kier alpha value is -2.06. The highest BCUT2D eigenvalue weighted by molar-refractivity contribution is 5.78. The predicted molar refractivity (Wildman–Crippen MR) is 80.8 cm³/mol. The van der Waals surface area contributed by atoms with E-state index in [-0.39, 0.29) is 0 Å². The zero-order valence-electron chi connectivity index (χ0n) is 11.8. The summed E-state index contributed by atoms with van der Waals surface area (Å²) >= 11 is 0. The summed E-state index contributed by atoms with van der Waals surface area (Å²) in [4.78, 5) is 0. The molecule has 0 spiro atoms. The van der Waals surface area contributed by atoms with Crippen molar-refractivity contribution in [3.8, 4) is 0 Å². The molecule has 0 aliphatic heterocycles. The van der Waals surface area contributed by atoms with Crippen molar-refractivity contribution < 1.29 is 9.52 Å². The molecule has 0 radical (unpaired) electrons. The van der Waals surface area contributed by atoms with Crippen LogP contribution in [0.3, 0.4) is 0 Å². The number of aliphatic hydroxyl groups is 1. The summed E-state index contributed by atoms with van der Waals surface area (Å²) in [6.07, 6.45) is -0.0376. The van der Waals surface area contributed by atoms with Gasteiger partial charge in [-0.2, -0.15) is 0 Å². The molecule has 1 unspecified atom stereocenters. The maximum atomic E-state index is 10.3. The average molecular weight is 266 g/mol. The highest BCUT2D eigenvalue weighted by Gasteiger charge is 2.14. The first-order valence-corrected chi connectivity index (χ1v) is 6.85. The molecule has 2 nitrogen and oxygen atoms in total. The molecule has 3 aromatic rings. The first-order valence-electron chi connectivity index (χ1n) is 6.85. The van der Waals surface area contributed by atoms with Crippen molar-refractivity contribution in [1.82, 2.24) is 0 Å². The minimum absolute atomic E-state index is 0.569. The molecule has 1 N–H and O–H groups in total. The molecular formula is C18H18O2. The Kier molecular flexibility index (Phi) is 3.33. The number of aryl methyl sites for hydroxylation is 2. The monoisotopic (exact) mass is 266 g/mol. The molecule has 1 aromatic heterocycles. The van der Waals surface area contributed by atoms with Crippen molar-refractivity contribution in [2.45, 2.75) is 26.4 Å². The van der Waals surface area contributed by atoms with Gasteiger partial charge in [-0.3, -0.25) is 0 Å². The fourth-order valence-corrected chi connectivity index (χ4v) is 2.40. The second-order valence-corrected chi connectivity index (χ2v) is 5.40. The summed E-state index contributed by atoms with van der Waals surface area (Å²) < 4.78 is 5.73. The van der Waals surface area contributed by atoms with Crippen LogP contribution >= 0.6 is 0 Å². The van der Waals surface area contributed by atoms with Crippen molar-refractivity contribution in [2.75, 3.05) is 0 Å². The van der Waals surface area contributed by atoms with Crippen LogP contribution in [0.1, 0.15) is 28.6 Å². The number of furan rings is 1. The van der Waals surface area contributed by atoms with Gasteiger partial charge in [-0.05, 0) is 37.6 Å². The van der Waals surface area contributed by atoms with E-state index in [2.05, 4.69) is 32.0 Å². The van der Waals surface area contributed by atoms with Gasteiger partial charge in [0.15, 0.2) is 0 Å². The Morgan fingerprint density at radius 1 is 0.950 bits per heavy atom. The van der Waals surface area contributed by atoms with Crippen LogP contribution in [0.25, 0.3) is 11.0 Å². The standard InChI is InChI=1S/C18H18O2/c1-12-3-6-14(7-4-12)10-16(19)18-11-15-9-13(2)5-8-17(15)20-18/h3-9,11,16,19H,10H2,1-2H3. The third-order valence-electron chi connectivity index (χ3n) is 3.57. The summed E-state index contributed by atoms with van der Waals surface area (Å²) in [5, 5.41) is 11.4. The van der Waals surface area contributed by atoms with Crippen LogP contribution in [0, 0.1) is 13.8 Å². The van der Waals surface area contributed by atoms with Crippen LogP contribution in [-0.4, -0.2) is 5.11 Å². The molecule has 0 fully saturated rings. The minimum Gasteiger partial charge on any atom is -0.458 e. The normalized spacial score (nSPS) is 12.8. The molecule has 20 heavy (non-hydrogen) atoms. The third kappa shape index (κ3) is 2.61. The molecule has 2 heteroatoms. The molecule has 1 atom stereocenters. The topological polar surface area (TPSA) is 33.4 Å². The van der Waals surface area contributed by atoms with Gasteiger partial charge in [0, 0.05) is 11.8 Å². The van der Waals surface area contributed by atoms with Crippen LogP contribution in [0.2, 0.25) is 0 Å². The van der Waals surface area contributed by atoms with Gasteiger partial charge in [-0.25, -0.2) is 0 Å². The molecule has 0 bridgehead atoms. The lowest BCUT2D eigenvalue weighted by Crippen LogP contribution is -2.00. The number of rotatable bonds is 3. The quantitative estimate of drug-likeness (QED) is 0.765. The first-order chi connectivity index (χ1) is 9.61. The van der Waals surface area contributed by atoms with Gasteiger partial charge >= 0.3 is 0 Å². The van der Waals surface area contributed by atoms with E-state index in [1.54, 1.807) is 0 Å². The van der Waals surface area contributed by atoms with E-state index in [0.717, 1.165) is 16.5 Å². The maximum absolute atomic E-state index is 10.3. The van der Waals surface area contributed by atoms with Gasteiger partial charge in [-0.1, -0.05) is 41.5 Å². The van der Waals surface area contributed by atoms with E-state index in [1.807, 2.05) is 30.3 Å². The first kappa shape index (κ1) is 12.9. The third-order valence-corrected chi connectivity index (χ3v) is 3.57. The van der Waals surface area contributed by atoms with Crippen LogP contribution in [0.4, 0.5) is 0 Å². The Bertz CT molecular complexity index is 723. The van der Waals surface area contributed by atoms with Crippen molar-refractivity contribution in [3.63, 3.8) is 0 Å². The van der Waals surface area contributed by atoms with Crippen LogP contribution in [-0.2, 0) is 6.42 Å². The number of hydrogen-bond acceptors (Lipinski definition) is 2. The number of aliphatic hydroxyl groups excluding tert-OH is 1. The van der Waals surface area contributed by atoms with Gasteiger partial charge < -0.3 is 9.52 Å². The molecule has 102 valence electrons. The van der Waals surface area contributed by atoms with Crippen molar-refractivity contribution >= 4 is 11.0 Å². The van der Waals surface area contributed by atoms with Crippen molar-refractivity contribution in [2.24, 2.45) is 0 Å². The summed E-state index contributed by atoms with van der Waals surface area (Å²) in [5.41, 5.74) is 4.36. The summed E-state index contributed by atoms with van der Waals surface area (Å²) in [6.45, 7) is 4.11. The number of hydrogen-bond donors (Lipinski definition) is 1. The molecule has 0 amide bonds. The zero-order valence-corrected chi connectivity index (χ0v) is 11.8. The lowest BCUT2D eigenvalue weighted by Gasteiger charge is -2.07. The molecule has 3 rings (SSSR count). The second kappa shape index (κ2) is 5.14. The number of benzene rings is 2. The fraction of sp³-hybridized carbons (Fsp3) is 0.222. The number of fused-ring (bicyclic) bond motifs is 1. The SMILES string of the molecule is Cc1ccc(CC(O)c2cc3cc(C)ccc3o2)cc1. The van der Waals surface area contributed by atoms with Crippen LogP contribution in [0.15, 0.2) is 52.9 Å². The van der Waals surface area contributed by atoms with E-state index in [4.69, 9.17) is 4.42 Å². The Labute approximate surface area is 118 Å². The van der Waals surface area contributed by atoms with Gasteiger partial charge in [0.2, 0.25) is 0 Å². The van der Waals surface area contributed by atoms with E-state index < -0.39 is 6.10 Å². The summed E-state index contributed by atoms with van der Waals surface area (Å²) in [7, 11) is 0. The van der Waals surface area contributed by atoms with Gasteiger partial charge in [0.05, 0.1) is 0 Å². The maximum Gasteiger partial charge on any atom is 0.134 e. The highest BCUT2D eigenvalue weighted by atomic mass is 16.4. The van der Waals surface area contributed by atoms with E-state index >= 15 is 0 Å². The summed E-state index contributed by atoms with van der Waals surface area (Å²) in [5.74, 6) is 0.631. The van der Waals surface area contributed by atoms with Crippen LogP contribution in [0.5, 0.6) is 0 Å². The smallest absolute Gasteiger partial charge is 0.134 e. The van der Waals surface area contributed by atoms with E-state index in [9.17, 15) is 5.11 Å². The molecule has 0 saturated carbocycles. The van der Waals surface area contributed by atoms with Crippen LogP contribution < -0.4 is 0 Å². The van der Waals surface area contributed by atoms with Crippen molar-refractivity contribution in [3.05, 3.63) is 71.0 Å². The average Bonchev–Trinajstić information content (AvgIpc) is 2.84. The fourth-order valence-electron chi connectivity index (χ4n) is 2.40. The largest absolute Gasteiger partial charge is 0.458 e. The van der Waals surface area contributed by atoms with E-state index in [1.165, 1.54) is 11.1 Å². The molecular weight excluding hydrogens is 248 g/mol. The zero-order chi connectivity index (χ0) is 14.1. The Morgan fingerprint density at radius 3 is 2.40 bits per heavy atom. The second-order valence-electron chi connectivity index (χ2n) is 5.40. The molecule has 0 aliphatic rings. The highest BCUT2D eigenvalue weighted by Crippen LogP contribution is 2.26. The minimum atomic E-state index is -0.606. The molecule has 1 heterocycles.